The van der Waals surface area contributed by atoms with Crippen LogP contribution in [0.3, 0.4) is 0 Å². The fourth-order valence-corrected chi connectivity index (χ4v) is 4.48. The van der Waals surface area contributed by atoms with E-state index in [2.05, 4.69) is 59.0 Å². The summed E-state index contributed by atoms with van der Waals surface area (Å²) in [6.45, 7) is 11.5. The molecule has 0 atom stereocenters. The van der Waals surface area contributed by atoms with Gasteiger partial charge >= 0.3 is 0 Å². The van der Waals surface area contributed by atoms with Gasteiger partial charge in [0.15, 0.2) is 0 Å². The van der Waals surface area contributed by atoms with Crippen LogP contribution in [0.1, 0.15) is 78.6 Å². The van der Waals surface area contributed by atoms with E-state index in [1.165, 1.54) is 11.1 Å². The van der Waals surface area contributed by atoms with Gasteiger partial charge in [-0.2, -0.15) is 5.10 Å². The van der Waals surface area contributed by atoms with Gasteiger partial charge in [0.25, 0.3) is 5.91 Å². The molecule has 0 spiro atoms. The van der Waals surface area contributed by atoms with Crippen molar-refractivity contribution in [3.63, 3.8) is 0 Å². The molecule has 3 heterocycles. The highest BCUT2D eigenvalue weighted by Crippen LogP contribution is 2.28. The molecule has 1 aliphatic rings. The first-order valence-corrected chi connectivity index (χ1v) is 11.4. The number of nitrogens with zero attached hydrogens (tertiary/aromatic N) is 5. The Bertz CT molecular complexity index is 1020. The van der Waals surface area contributed by atoms with Gasteiger partial charge in [-0.15, -0.1) is 0 Å². The zero-order valence-electron chi connectivity index (χ0n) is 19.1. The lowest BCUT2D eigenvalue weighted by atomic mass is 9.95. The number of aryl methyl sites for hydroxylation is 2. The van der Waals surface area contributed by atoms with Crippen LogP contribution in [0, 0.1) is 6.92 Å². The van der Waals surface area contributed by atoms with Crippen LogP contribution in [-0.4, -0.2) is 43.2 Å². The van der Waals surface area contributed by atoms with E-state index in [0.29, 0.717) is 24.1 Å². The highest BCUT2D eigenvalue weighted by Gasteiger charge is 2.28. The van der Waals surface area contributed by atoms with E-state index < -0.39 is 0 Å². The van der Waals surface area contributed by atoms with Crippen molar-refractivity contribution in [3.8, 4) is 0 Å². The molecule has 31 heavy (non-hydrogen) atoms. The van der Waals surface area contributed by atoms with Crippen LogP contribution in [0.2, 0.25) is 0 Å². The summed E-state index contributed by atoms with van der Waals surface area (Å²) in [7, 11) is 0. The van der Waals surface area contributed by atoms with Gasteiger partial charge in [0, 0.05) is 44.5 Å². The standard InChI is InChI=1S/C25H33N5O/c1-5-30-23(16-19(4)27-30)25(31)28-13-10-22(11-14-28)24-26-12-15-29(24)17-20-6-8-21(9-7-20)18(2)3/h6-9,12,15-16,18,22H,5,10-11,13-14,17H2,1-4H3. The van der Waals surface area contributed by atoms with Crippen molar-refractivity contribution in [1.29, 1.82) is 0 Å². The molecule has 2 aromatic heterocycles. The number of hydrogen-bond acceptors (Lipinski definition) is 3. The Kier molecular flexibility index (Phi) is 6.25. The van der Waals surface area contributed by atoms with Crippen LogP contribution in [0.5, 0.6) is 0 Å². The molecule has 0 saturated carbocycles. The van der Waals surface area contributed by atoms with Crippen LogP contribution >= 0.6 is 0 Å². The third-order valence-corrected chi connectivity index (χ3v) is 6.32. The molecule has 164 valence electrons. The van der Waals surface area contributed by atoms with Crippen LogP contribution in [0.4, 0.5) is 0 Å². The molecule has 0 bridgehead atoms. The fraction of sp³-hybridized carbons (Fsp3) is 0.480. The largest absolute Gasteiger partial charge is 0.337 e. The Balaban J connectivity index is 1.40. The number of benzene rings is 1. The van der Waals surface area contributed by atoms with Crippen molar-refractivity contribution in [1.82, 2.24) is 24.2 Å². The van der Waals surface area contributed by atoms with E-state index in [4.69, 9.17) is 0 Å². The predicted molar refractivity (Wildman–Crippen MR) is 122 cm³/mol. The maximum Gasteiger partial charge on any atom is 0.272 e. The monoisotopic (exact) mass is 419 g/mol. The molecule has 0 N–H and O–H groups in total. The normalized spacial score (nSPS) is 15.1. The molecular formula is C25H33N5O. The first kappa shape index (κ1) is 21.3. The average Bonchev–Trinajstić information content (AvgIpc) is 3.39. The van der Waals surface area contributed by atoms with E-state index in [0.717, 1.165) is 44.0 Å². The van der Waals surface area contributed by atoms with Gasteiger partial charge in [0.05, 0.1) is 5.69 Å². The van der Waals surface area contributed by atoms with Crippen molar-refractivity contribution in [2.24, 2.45) is 0 Å². The summed E-state index contributed by atoms with van der Waals surface area (Å²) in [5.41, 5.74) is 4.25. The maximum atomic E-state index is 13.0. The Labute approximate surface area is 184 Å². The average molecular weight is 420 g/mol. The third kappa shape index (κ3) is 4.58. The highest BCUT2D eigenvalue weighted by atomic mass is 16.2. The van der Waals surface area contributed by atoms with E-state index in [-0.39, 0.29) is 5.91 Å². The Morgan fingerprint density at radius 3 is 2.52 bits per heavy atom. The third-order valence-electron chi connectivity index (χ3n) is 6.32. The van der Waals surface area contributed by atoms with E-state index in [9.17, 15) is 4.79 Å². The predicted octanol–water partition coefficient (Wildman–Crippen LogP) is 4.60. The number of hydrogen-bond donors (Lipinski definition) is 0. The fourth-order valence-electron chi connectivity index (χ4n) is 4.48. The minimum atomic E-state index is 0.0921. The topological polar surface area (TPSA) is 56.0 Å². The summed E-state index contributed by atoms with van der Waals surface area (Å²) in [4.78, 5) is 19.7. The molecule has 6 heteroatoms. The quantitative estimate of drug-likeness (QED) is 0.587. The van der Waals surface area contributed by atoms with Crippen LogP contribution in [-0.2, 0) is 13.1 Å². The summed E-state index contributed by atoms with van der Waals surface area (Å²) in [5.74, 6) is 2.15. The lowest BCUT2D eigenvalue weighted by molar-refractivity contribution is 0.0698. The summed E-state index contributed by atoms with van der Waals surface area (Å²) >= 11 is 0. The second kappa shape index (κ2) is 9.08. The van der Waals surface area contributed by atoms with Crippen molar-refractivity contribution >= 4 is 5.91 Å². The smallest absolute Gasteiger partial charge is 0.272 e. The summed E-state index contributed by atoms with van der Waals surface area (Å²) in [6.07, 6.45) is 5.85. The molecule has 4 rings (SSSR count). The van der Waals surface area contributed by atoms with Gasteiger partial charge in [-0.1, -0.05) is 38.1 Å². The van der Waals surface area contributed by atoms with Crippen molar-refractivity contribution in [2.75, 3.05) is 13.1 Å². The number of likely N-dealkylation sites (tertiary alicyclic amines) is 1. The number of aromatic nitrogens is 4. The Morgan fingerprint density at radius 2 is 1.87 bits per heavy atom. The molecule has 1 saturated heterocycles. The molecule has 0 unspecified atom stereocenters. The minimum absolute atomic E-state index is 0.0921. The van der Waals surface area contributed by atoms with Crippen molar-refractivity contribution in [3.05, 3.63) is 71.1 Å². The molecule has 1 aliphatic heterocycles. The number of imidazole rings is 1. The lowest BCUT2D eigenvalue weighted by Crippen LogP contribution is -2.39. The van der Waals surface area contributed by atoms with E-state index in [1.54, 1.807) is 4.68 Å². The Morgan fingerprint density at radius 1 is 1.16 bits per heavy atom. The molecular weight excluding hydrogens is 386 g/mol. The second-order valence-electron chi connectivity index (χ2n) is 8.86. The van der Waals surface area contributed by atoms with Gasteiger partial charge in [0.2, 0.25) is 0 Å². The molecule has 6 nitrogen and oxygen atoms in total. The zero-order chi connectivity index (χ0) is 22.0. The zero-order valence-corrected chi connectivity index (χ0v) is 19.1. The molecule has 1 fully saturated rings. The number of carbonyl (C=O) groups is 1. The second-order valence-corrected chi connectivity index (χ2v) is 8.86. The van der Waals surface area contributed by atoms with Crippen LogP contribution in [0.25, 0.3) is 0 Å². The summed E-state index contributed by atoms with van der Waals surface area (Å²) in [5, 5.41) is 4.42. The van der Waals surface area contributed by atoms with Gasteiger partial charge < -0.3 is 9.47 Å². The summed E-state index contributed by atoms with van der Waals surface area (Å²) < 4.78 is 4.07. The van der Waals surface area contributed by atoms with Gasteiger partial charge in [-0.05, 0) is 49.8 Å². The summed E-state index contributed by atoms with van der Waals surface area (Å²) in [6, 6.07) is 10.8. The van der Waals surface area contributed by atoms with Crippen LogP contribution in [0.15, 0.2) is 42.7 Å². The van der Waals surface area contributed by atoms with Gasteiger partial charge in [-0.25, -0.2) is 4.98 Å². The first-order chi connectivity index (χ1) is 15.0. The molecule has 3 aromatic rings. The highest BCUT2D eigenvalue weighted by molar-refractivity contribution is 5.92. The van der Waals surface area contributed by atoms with E-state index in [1.807, 2.05) is 31.0 Å². The lowest BCUT2D eigenvalue weighted by Gasteiger charge is -2.32. The SMILES string of the molecule is CCn1nc(C)cc1C(=O)N1CCC(c2nccn2Cc2ccc(C(C)C)cc2)CC1. The van der Waals surface area contributed by atoms with Crippen molar-refractivity contribution < 1.29 is 4.79 Å². The Hall–Kier alpha value is -2.89. The first-order valence-electron chi connectivity index (χ1n) is 11.4. The molecule has 0 radical (unpaired) electrons. The van der Waals surface area contributed by atoms with Gasteiger partial charge in [0.1, 0.15) is 11.5 Å². The number of rotatable bonds is 6. The minimum Gasteiger partial charge on any atom is -0.337 e. The molecule has 1 amide bonds. The number of amides is 1. The van der Waals surface area contributed by atoms with Crippen molar-refractivity contribution in [2.45, 2.75) is 65.5 Å². The molecule has 1 aromatic carbocycles. The van der Waals surface area contributed by atoms with Crippen LogP contribution < -0.4 is 0 Å². The van der Waals surface area contributed by atoms with E-state index >= 15 is 0 Å². The number of carbonyl (C=O) groups excluding carboxylic acids is 1. The molecule has 0 aliphatic carbocycles. The maximum absolute atomic E-state index is 13.0. The van der Waals surface area contributed by atoms with Gasteiger partial charge in [-0.3, -0.25) is 9.48 Å². The number of piperidine rings is 1.